The first-order valence-corrected chi connectivity index (χ1v) is 5.93. The molecular weight excluding hydrogens is 170 g/mol. The first-order chi connectivity index (χ1) is 5.72. The molecule has 2 nitrogen and oxygen atoms in total. The van der Waals surface area contributed by atoms with Gasteiger partial charge in [-0.2, -0.15) is 5.26 Å². The summed E-state index contributed by atoms with van der Waals surface area (Å²) in [5.74, 6) is 1.56. The predicted molar refractivity (Wildman–Crippen MR) is 50.1 cm³/mol. The van der Waals surface area contributed by atoms with Crippen LogP contribution >= 0.6 is 0 Å². The molecule has 0 heterocycles. The van der Waals surface area contributed by atoms with Gasteiger partial charge in [0.2, 0.25) is 0 Å². The Kier molecular flexibility index (Phi) is 3.28. The van der Waals surface area contributed by atoms with Crippen molar-refractivity contribution < 1.29 is 4.21 Å². The van der Waals surface area contributed by atoms with Gasteiger partial charge in [0.1, 0.15) is 0 Å². The van der Waals surface area contributed by atoms with Gasteiger partial charge in [-0.1, -0.05) is 6.92 Å². The minimum atomic E-state index is -0.680. The van der Waals surface area contributed by atoms with Gasteiger partial charge >= 0.3 is 0 Å². The summed E-state index contributed by atoms with van der Waals surface area (Å²) in [6.45, 7) is 2.04. The molecule has 12 heavy (non-hydrogen) atoms. The molecule has 1 saturated carbocycles. The van der Waals surface area contributed by atoms with E-state index in [1.165, 1.54) is 0 Å². The van der Waals surface area contributed by atoms with Crippen LogP contribution in [0.25, 0.3) is 0 Å². The van der Waals surface area contributed by atoms with Crippen molar-refractivity contribution in [1.82, 2.24) is 0 Å². The van der Waals surface area contributed by atoms with Crippen LogP contribution in [0.1, 0.15) is 32.6 Å². The second-order valence-corrected chi connectivity index (χ2v) is 5.20. The van der Waals surface area contributed by atoms with Crippen LogP contribution in [0.4, 0.5) is 0 Å². The first-order valence-electron chi connectivity index (χ1n) is 4.44. The second-order valence-electron chi connectivity index (χ2n) is 3.62. The second kappa shape index (κ2) is 4.04. The summed E-state index contributed by atoms with van der Waals surface area (Å²) in [7, 11) is -0.680. The lowest BCUT2D eigenvalue weighted by molar-refractivity contribution is 0.587. The summed E-state index contributed by atoms with van der Waals surface area (Å²) >= 11 is 0. The average molecular weight is 185 g/mol. The maximum absolute atomic E-state index is 11.4. The Labute approximate surface area is 76.4 Å². The summed E-state index contributed by atoms with van der Waals surface area (Å²) in [6, 6.07) is 2.18. The molecule has 0 bridgehead atoms. The van der Waals surface area contributed by atoms with E-state index in [4.69, 9.17) is 5.26 Å². The molecular formula is C9H15NOS. The summed E-state index contributed by atoms with van der Waals surface area (Å²) < 4.78 is 11.4. The maximum atomic E-state index is 11.4. The zero-order valence-electron chi connectivity index (χ0n) is 7.51. The molecule has 0 aliphatic heterocycles. The Morgan fingerprint density at radius 1 is 1.58 bits per heavy atom. The maximum Gasteiger partial charge on any atom is 0.0627 e. The molecule has 3 heteroatoms. The molecule has 1 atom stereocenters. The van der Waals surface area contributed by atoms with Crippen molar-refractivity contribution in [3.63, 3.8) is 0 Å². The van der Waals surface area contributed by atoms with Crippen LogP contribution in [-0.4, -0.2) is 15.7 Å². The van der Waals surface area contributed by atoms with E-state index >= 15 is 0 Å². The van der Waals surface area contributed by atoms with Gasteiger partial charge in [0, 0.05) is 28.7 Å². The number of hydrogen-bond acceptors (Lipinski definition) is 2. The van der Waals surface area contributed by atoms with E-state index in [-0.39, 0.29) is 5.41 Å². The van der Waals surface area contributed by atoms with Gasteiger partial charge in [0.15, 0.2) is 0 Å². The average Bonchev–Trinajstić information content (AvgIpc) is 2.70. The van der Waals surface area contributed by atoms with E-state index in [2.05, 4.69) is 6.07 Å². The number of hydrogen-bond donors (Lipinski definition) is 0. The fourth-order valence-corrected chi connectivity index (χ4v) is 3.03. The van der Waals surface area contributed by atoms with Crippen molar-refractivity contribution in [2.24, 2.45) is 5.41 Å². The highest BCUT2D eigenvalue weighted by Gasteiger charge is 2.43. The SMILES string of the molecule is CCCS(=O)CC1(CC#N)CC1. The minimum absolute atomic E-state index is 0.161. The molecule has 1 aliphatic carbocycles. The predicted octanol–water partition coefficient (Wildman–Crippen LogP) is 1.84. The fourth-order valence-electron chi connectivity index (χ4n) is 1.36. The van der Waals surface area contributed by atoms with E-state index in [1.54, 1.807) is 0 Å². The summed E-state index contributed by atoms with van der Waals surface area (Å²) in [5, 5.41) is 8.54. The van der Waals surface area contributed by atoms with E-state index in [0.717, 1.165) is 30.8 Å². The minimum Gasteiger partial charge on any atom is -0.260 e. The van der Waals surface area contributed by atoms with Crippen molar-refractivity contribution >= 4 is 10.8 Å². The molecule has 68 valence electrons. The molecule has 0 aromatic rings. The van der Waals surface area contributed by atoms with Crippen molar-refractivity contribution in [2.75, 3.05) is 11.5 Å². The Bertz CT molecular complexity index is 215. The number of rotatable bonds is 5. The first kappa shape index (κ1) is 9.73. The standard InChI is InChI=1S/C9H15NOS/c1-2-7-12(11)8-9(3-4-9)5-6-10/h2-5,7-8H2,1H3. The largest absolute Gasteiger partial charge is 0.260 e. The lowest BCUT2D eigenvalue weighted by atomic mass is 10.1. The third-order valence-electron chi connectivity index (χ3n) is 2.31. The Balaban J connectivity index is 2.31. The van der Waals surface area contributed by atoms with Gasteiger partial charge in [-0.15, -0.1) is 0 Å². The van der Waals surface area contributed by atoms with Crippen LogP contribution in [-0.2, 0) is 10.8 Å². The zero-order chi connectivity index (χ0) is 9.03. The van der Waals surface area contributed by atoms with E-state index in [0.29, 0.717) is 6.42 Å². The van der Waals surface area contributed by atoms with Crippen LogP contribution in [0.5, 0.6) is 0 Å². The van der Waals surface area contributed by atoms with Crippen LogP contribution in [0.2, 0.25) is 0 Å². The summed E-state index contributed by atoms with van der Waals surface area (Å²) in [5.41, 5.74) is 0.161. The molecule has 1 fully saturated rings. The highest BCUT2D eigenvalue weighted by Crippen LogP contribution is 2.49. The van der Waals surface area contributed by atoms with Crippen LogP contribution in [0.15, 0.2) is 0 Å². The van der Waals surface area contributed by atoms with Crippen molar-refractivity contribution in [3.8, 4) is 6.07 Å². The zero-order valence-corrected chi connectivity index (χ0v) is 8.32. The summed E-state index contributed by atoms with van der Waals surface area (Å²) in [4.78, 5) is 0. The molecule has 0 saturated heterocycles. The normalized spacial score (nSPS) is 21.3. The van der Waals surface area contributed by atoms with Gasteiger partial charge in [0.05, 0.1) is 6.07 Å². The van der Waals surface area contributed by atoms with Gasteiger partial charge in [-0.3, -0.25) is 4.21 Å². The number of nitrogens with zero attached hydrogens (tertiary/aromatic N) is 1. The monoisotopic (exact) mass is 185 g/mol. The third kappa shape index (κ3) is 2.60. The third-order valence-corrected chi connectivity index (χ3v) is 4.11. The van der Waals surface area contributed by atoms with E-state index in [1.807, 2.05) is 6.92 Å². The highest BCUT2D eigenvalue weighted by molar-refractivity contribution is 7.85. The lowest BCUT2D eigenvalue weighted by Crippen LogP contribution is -2.13. The smallest absolute Gasteiger partial charge is 0.0627 e. The molecule has 0 amide bonds. The van der Waals surface area contributed by atoms with Crippen molar-refractivity contribution in [1.29, 1.82) is 5.26 Å². The molecule has 1 rings (SSSR count). The molecule has 1 unspecified atom stereocenters. The van der Waals surface area contributed by atoms with Crippen LogP contribution in [0, 0.1) is 16.7 Å². The molecule has 0 N–H and O–H groups in total. The van der Waals surface area contributed by atoms with Crippen LogP contribution in [0.3, 0.4) is 0 Å². The Hall–Kier alpha value is -0.360. The molecule has 0 aromatic heterocycles. The summed E-state index contributed by atoms with van der Waals surface area (Å²) in [6.07, 6.45) is 3.80. The van der Waals surface area contributed by atoms with Crippen molar-refractivity contribution in [2.45, 2.75) is 32.6 Å². The molecule has 1 aliphatic rings. The fraction of sp³-hybridized carbons (Fsp3) is 0.889. The Morgan fingerprint density at radius 3 is 2.67 bits per heavy atom. The van der Waals surface area contributed by atoms with E-state index in [9.17, 15) is 4.21 Å². The molecule has 0 aromatic carbocycles. The quantitative estimate of drug-likeness (QED) is 0.655. The lowest BCUT2D eigenvalue weighted by Gasteiger charge is -2.08. The highest BCUT2D eigenvalue weighted by atomic mass is 32.2. The van der Waals surface area contributed by atoms with E-state index < -0.39 is 10.8 Å². The molecule has 0 radical (unpaired) electrons. The topological polar surface area (TPSA) is 40.9 Å². The van der Waals surface area contributed by atoms with Gasteiger partial charge < -0.3 is 0 Å². The van der Waals surface area contributed by atoms with Gasteiger partial charge in [-0.25, -0.2) is 0 Å². The number of nitriles is 1. The van der Waals surface area contributed by atoms with Crippen molar-refractivity contribution in [3.05, 3.63) is 0 Å². The van der Waals surface area contributed by atoms with Gasteiger partial charge in [0.25, 0.3) is 0 Å². The van der Waals surface area contributed by atoms with Crippen LogP contribution < -0.4 is 0 Å². The Morgan fingerprint density at radius 2 is 2.25 bits per heavy atom. The van der Waals surface area contributed by atoms with Gasteiger partial charge in [-0.05, 0) is 24.7 Å². The molecule has 0 spiro atoms.